The van der Waals surface area contributed by atoms with E-state index in [1.807, 2.05) is 127 Å². The zero-order valence-electron chi connectivity index (χ0n) is 59.6. The zero-order chi connectivity index (χ0) is 75.4. The van der Waals surface area contributed by atoms with E-state index in [1.165, 1.54) is 43.0 Å². The maximum absolute atomic E-state index is 6.15. The second kappa shape index (κ2) is 35.2. The van der Waals surface area contributed by atoms with Gasteiger partial charge in [-0.15, -0.1) is 43.1 Å². The van der Waals surface area contributed by atoms with E-state index in [-0.39, 0.29) is 23.8 Å². The molecule has 0 amide bonds. The van der Waals surface area contributed by atoms with E-state index < -0.39 is 0 Å². The Balaban J connectivity index is 0.000000130. The van der Waals surface area contributed by atoms with E-state index in [4.69, 9.17) is 51.4 Å². The zero-order valence-corrected chi connectivity index (χ0v) is 61.2. The average molecular weight is 1510 g/mol. The Kier molecular flexibility index (Phi) is 23.7. The summed E-state index contributed by atoms with van der Waals surface area (Å²) in [6.07, 6.45) is 4.83. The number of morpholine rings is 2. The number of nitrogen functional groups attached to an aromatic ring is 4. The van der Waals surface area contributed by atoms with Gasteiger partial charge in [0.2, 0.25) is 57.8 Å². The predicted octanol–water partition coefficient (Wildman–Crippen LogP) is 10.4. The van der Waals surface area contributed by atoms with Crippen LogP contribution in [0.5, 0.6) is 23.0 Å². The molecule has 36 nitrogen and oxygen atoms in total. The first-order valence-corrected chi connectivity index (χ1v) is 35.5. The number of hydrogen-bond acceptors (Lipinski definition) is 34. The van der Waals surface area contributed by atoms with Crippen LogP contribution in [0.1, 0.15) is 5.82 Å². The monoisotopic (exact) mass is 1510 g/mol. The smallest absolute Gasteiger partial charge is 0.248 e. The summed E-state index contributed by atoms with van der Waals surface area (Å²) in [4.78, 5) is 47.5. The molecule has 14 N–H and O–H groups in total. The van der Waals surface area contributed by atoms with Crippen LogP contribution in [0, 0.1) is 6.92 Å². The molecule has 558 valence electrons. The van der Waals surface area contributed by atoms with Gasteiger partial charge in [-0.05, 0) is 79.7 Å². The molecule has 38 heteroatoms. The van der Waals surface area contributed by atoms with Gasteiger partial charge in [0.15, 0.2) is 11.6 Å². The van der Waals surface area contributed by atoms with Gasteiger partial charge in [0.1, 0.15) is 46.8 Å². The van der Waals surface area contributed by atoms with Crippen molar-refractivity contribution >= 4 is 127 Å². The van der Waals surface area contributed by atoms with Gasteiger partial charge in [-0.25, -0.2) is 29.9 Å². The normalized spacial score (nSPS) is 12.4. The molecule has 6 aromatic carbocycles. The third-order valence-electron chi connectivity index (χ3n) is 15.9. The molecule has 2 aliphatic heterocycles. The van der Waals surface area contributed by atoms with Crippen molar-refractivity contribution in [3.8, 4) is 44.9 Å². The Labute approximate surface area is 632 Å². The summed E-state index contributed by atoms with van der Waals surface area (Å²) in [7, 11) is 6.36. The van der Waals surface area contributed by atoms with Crippen LogP contribution in [-0.4, -0.2) is 170 Å². The second-order valence-electron chi connectivity index (χ2n) is 23.3. The van der Waals surface area contributed by atoms with Gasteiger partial charge in [0.05, 0.1) is 54.9 Å². The van der Waals surface area contributed by atoms with Gasteiger partial charge in [0.25, 0.3) is 0 Å². The number of methoxy groups -OCH3 is 4. The minimum absolute atomic E-state index is 0.160. The highest BCUT2D eigenvalue weighted by Crippen LogP contribution is 2.32. The number of thiazole rings is 2. The number of nitrogens with two attached hydrogens (primary N) is 4. The van der Waals surface area contributed by atoms with Gasteiger partial charge >= 0.3 is 0 Å². The highest BCUT2D eigenvalue weighted by Gasteiger charge is 2.19. The molecular formula is C71H76N30O6S2. The topological polar surface area (TPSA) is 438 Å². The predicted molar refractivity (Wildman–Crippen MR) is 421 cm³/mol. The number of hydrogen-bond donors (Lipinski definition) is 10. The fourth-order valence-electron chi connectivity index (χ4n) is 10.8. The van der Waals surface area contributed by atoms with Crippen molar-refractivity contribution in [3.63, 3.8) is 0 Å². The Morgan fingerprint density at radius 3 is 1.28 bits per heavy atom. The number of benzene rings is 6. The first-order chi connectivity index (χ1) is 53.3. The molecule has 14 aromatic rings. The van der Waals surface area contributed by atoms with E-state index in [2.05, 4.69) is 136 Å². The molecule has 2 aliphatic rings. The maximum Gasteiger partial charge on any atom is 0.248 e. The van der Waals surface area contributed by atoms with Crippen molar-refractivity contribution < 1.29 is 28.4 Å². The molecular weight excluding hydrogens is 1430 g/mol. The number of para-hydroxylation sites is 2. The van der Waals surface area contributed by atoms with Crippen LogP contribution in [0.2, 0.25) is 0 Å². The maximum atomic E-state index is 6.15. The fraction of sp³-hybridized carbons (Fsp3) is 0.183. The molecule has 109 heavy (non-hydrogen) atoms. The lowest BCUT2D eigenvalue weighted by molar-refractivity contribution is 0.122. The van der Waals surface area contributed by atoms with Gasteiger partial charge in [-0.2, -0.15) is 38.7 Å². The number of aryl methyl sites for hydroxylation is 1. The lowest BCUT2D eigenvalue weighted by Gasteiger charge is -2.28. The van der Waals surface area contributed by atoms with Gasteiger partial charge < -0.3 is 93.1 Å². The highest BCUT2D eigenvalue weighted by molar-refractivity contribution is 7.12. The SMILES string of the molecule is COc1cc(Nc2nc(N)n(-c3nccs3)n2)cc(OC)c1.COc1cc(Nc2nc(N)nn2-c2nccs2)cc(OC)c1.Cc1nc(Nc2ccccc2)cc(-n2nc(Nc3ccc(N4CCOCC4)cc3)nc2N)n1.Nc1nc(Nc2ccc(N3CCOCC3)cc2)nn1-c1cc(Nc2ccccc2)ncn1. The van der Waals surface area contributed by atoms with Gasteiger partial charge in [0, 0.05) is 143 Å². The number of nitrogens with one attached hydrogen (secondary N) is 6. The number of ether oxygens (including phenoxy) is 6. The quantitative estimate of drug-likeness (QED) is 0.0301. The molecule has 0 atom stereocenters. The largest absolute Gasteiger partial charge is 0.497 e. The molecule has 2 saturated heterocycles. The highest BCUT2D eigenvalue weighted by atomic mass is 32.1. The summed E-state index contributed by atoms with van der Waals surface area (Å²) >= 11 is 2.86. The molecule has 10 heterocycles. The molecule has 8 aromatic heterocycles. The Hall–Kier alpha value is -14.0. The lowest BCUT2D eigenvalue weighted by Crippen LogP contribution is -2.36. The Morgan fingerprint density at radius 2 is 0.807 bits per heavy atom. The van der Waals surface area contributed by atoms with Crippen molar-refractivity contribution in [2.75, 3.05) is 146 Å². The minimum Gasteiger partial charge on any atom is -0.497 e. The molecule has 0 bridgehead atoms. The number of aromatic nitrogens is 18. The molecule has 2 fully saturated rings. The summed E-state index contributed by atoms with van der Waals surface area (Å²) in [5.41, 5.74) is 31.2. The fourth-order valence-corrected chi connectivity index (χ4v) is 12.0. The minimum atomic E-state index is 0.160. The third kappa shape index (κ3) is 19.5. The van der Waals surface area contributed by atoms with E-state index in [0.717, 1.165) is 98.1 Å². The molecule has 0 aliphatic carbocycles. The summed E-state index contributed by atoms with van der Waals surface area (Å²) < 4.78 is 37.8. The Bertz CT molecular complexity index is 5170. The molecule has 0 saturated carbocycles. The summed E-state index contributed by atoms with van der Waals surface area (Å²) in [5.74, 6) is 8.02. The molecule has 0 unspecified atom stereocenters. The lowest BCUT2D eigenvalue weighted by atomic mass is 10.2. The van der Waals surface area contributed by atoms with Crippen LogP contribution in [-0.2, 0) is 9.47 Å². The van der Waals surface area contributed by atoms with Crippen LogP contribution in [0.4, 0.5) is 105 Å². The first kappa shape index (κ1) is 73.3. The summed E-state index contributed by atoms with van der Waals surface area (Å²) in [6.45, 7) is 8.44. The second-order valence-corrected chi connectivity index (χ2v) is 25.1. The van der Waals surface area contributed by atoms with Crippen molar-refractivity contribution in [3.05, 3.63) is 193 Å². The average Bonchev–Trinajstić information content (AvgIpc) is 1.70. The van der Waals surface area contributed by atoms with E-state index in [1.54, 1.807) is 69.8 Å². The van der Waals surface area contributed by atoms with Crippen molar-refractivity contribution in [2.24, 2.45) is 0 Å². The van der Waals surface area contributed by atoms with E-state index >= 15 is 0 Å². The standard InChI is InChI=1S/C23H25N9O.C22H23N9O.2C13H14N6O2S/c1-16-25-20(27-17-5-3-2-4-6-17)15-21(26-16)32-22(24)29-23(30-32)28-18-7-9-19(10-8-18)31-11-13-33-14-12-31;23-21-28-22(27-17-6-8-18(9-7-17)30-10-12-32-13-11-30)29-31(21)20-14-19(24-15-25-20)26-16-4-2-1-3-5-16;1-20-9-5-8(6-10(7-9)21-2)16-12-17-11(14)19(18-12)13-15-3-4-22-13;1-20-9-5-8(6-10(7-9)21-2)16-12-17-11(14)18-19(12)13-15-3-4-22-13/h2-10,15H,11-14H2,1H3,(H,25,26,27)(H3,24,28,29,30);1-9,14-15H,10-13H2,(H,24,25,26)(H3,23,27,28,29);2*3-7H,1-2H3,(H3,14,16,17,18). The summed E-state index contributed by atoms with van der Waals surface area (Å²) in [5, 5.41) is 41.5. The molecule has 0 spiro atoms. The van der Waals surface area contributed by atoms with Crippen LogP contribution in [0.15, 0.2) is 187 Å². The third-order valence-corrected chi connectivity index (χ3v) is 17.4. The Morgan fingerprint density at radius 1 is 0.385 bits per heavy atom. The van der Waals surface area contributed by atoms with Crippen molar-refractivity contribution in [2.45, 2.75) is 6.92 Å². The van der Waals surface area contributed by atoms with Crippen molar-refractivity contribution in [1.29, 1.82) is 0 Å². The molecule has 0 radical (unpaired) electrons. The van der Waals surface area contributed by atoms with Crippen LogP contribution in [0.3, 0.4) is 0 Å². The molecule has 16 rings (SSSR count). The van der Waals surface area contributed by atoms with Crippen molar-refractivity contribution in [1.82, 2.24) is 89.0 Å². The van der Waals surface area contributed by atoms with Crippen LogP contribution >= 0.6 is 22.7 Å². The number of rotatable bonds is 22. The number of nitrogens with zero attached hydrogens (tertiary/aromatic N) is 20. The van der Waals surface area contributed by atoms with Crippen LogP contribution < -0.4 is 83.6 Å². The van der Waals surface area contributed by atoms with Gasteiger partial charge in [-0.3, -0.25) is 0 Å². The van der Waals surface area contributed by atoms with E-state index in [0.29, 0.717) is 86.2 Å². The van der Waals surface area contributed by atoms with E-state index in [9.17, 15) is 0 Å². The van der Waals surface area contributed by atoms with Crippen LogP contribution in [0.25, 0.3) is 21.9 Å². The first-order valence-electron chi connectivity index (χ1n) is 33.7. The summed E-state index contributed by atoms with van der Waals surface area (Å²) in [6, 6.07) is 50.2. The number of anilines is 18. The van der Waals surface area contributed by atoms with Gasteiger partial charge in [-0.1, -0.05) is 36.4 Å².